The van der Waals surface area contributed by atoms with Gasteiger partial charge in [0.2, 0.25) is 5.91 Å². The van der Waals surface area contributed by atoms with Crippen LogP contribution in [0, 0.1) is 0 Å². The number of nitrogen functional groups attached to an aromatic ring is 1. The van der Waals surface area contributed by atoms with Gasteiger partial charge in [0, 0.05) is 89.7 Å². The van der Waals surface area contributed by atoms with Crippen molar-refractivity contribution in [1.29, 1.82) is 0 Å². The lowest BCUT2D eigenvalue weighted by atomic mass is 9.99. The maximum Gasteiger partial charge on any atom is 0.264 e. The van der Waals surface area contributed by atoms with E-state index in [1.54, 1.807) is 161 Å². The standard InChI is InChI=1S/C24H26N2O4S.C21H19N3O2S.C19H16ClNO3S2.C17H16ClNO3S.4CH4/c1-25(2)17-6-4-5-16(13-17)24(28)26-12-11-22-20(14-23(29-3)31-22)21(26)15-30-19-9-7-18(27)8-10-19;22-16-4-1-3-15(11-16)12-24-20(14-26-18-8-6-17(25)7-9-18)19-5-2-10-23(19)13-21(24)27;20-17-6-5-16(26-17)19(23)21-9-7-12-8-10-25-18(12)15(21)11-24-14-3-1-13(22)2-4-14;18-8-5-16(21)19-9-6-12-7-10-23-17(12)15(19)11-22-14-3-1-13(20)2-4-14;;;;/h4-10,13-14,21,27H,11-12,15H2,1-3H3;1-11,14,25H,12-13,22H2;1-6,8,10,15,22H,7,9,11H2;1-5,7-8,10,15,20H,6,9,11H2;4*1H4/b;20-14+;;8-5+;;;;. The predicted molar refractivity (Wildman–Crippen MR) is 456 cm³/mol. The number of phenolic OH excluding ortho intramolecular Hbond substituents is 4. The molecule has 0 bridgehead atoms. The van der Waals surface area contributed by atoms with E-state index < -0.39 is 0 Å². The van der Waals surface area contributed by atoms with Gasteiger partial charge in [-0.15, -0.1) is 45.3 Å². The summed E-state index contributed by atoms with van der Waals surface area (Å²) in [5, 5.41) is 42.6. The zero-order chi connectivity index (χ0) is 75.1. The molecule has 15 rings (SSSR count). The Balaban J connectivity index is 0.000000185. The van der Waals surface area contributed by atoms with Gasteiger partial charge in [-0.3, -0.25) is 14.4 Å². The van der Waals surface area contributed by atoms with Crippen molar-refractivity contribution < 1.29 is 58.5 Å². The highest BCUT2D eigenvalue weighted by Gasteiger charge is 2.37. The van der Waals surface area contributed by atoms with E-state index >= 15 is 0 Å². The number of ether oxygens (including phenoxy) is 5. The molecule has 0 aliphatic carbocycles. The molecule has 111 heavy (non-hydrogen) atoms. The van der Waals surface area contributed by atoms with Gasteiger partial charge in [0.15, 0.2) is 5.06 Å². The van der Waals surface area contributed by atoms with Crippen LogP contribution in [0.15, 0.2) is 223 Å². The number of halogens is 2. The molecule has 19 nitrogen and oxygen atoms in total. The van der Waals surface area contributed by atoms with Crippen LogP contribution in [0.1, 0.15) is 110 Å². The Bertz CT molecular complexity index is 4920. The van der Waals surface area contributed by atoms with Gasteiger partial charge < -0.3 is 78.9 Å². The fourth-order valence-electron chi connectivity index (χ4n) is 12.6. The van der Waals surface area contributed by atoms with E-state index in [1.165, 1.54) is 43.8 Å². The molecule has 0 radical (unpaired) electrons. The number of carbonyl (C=O) groups excluding carboxylic acids is 3. The second kappa shape index (κ2) is 40.5. The zero-order valence-corrected chi connectivity index (χ0v) is 64.1. The number of thiocarbonyl (C=S) groups is 1. The SMILES string of the molecule is C.C.C.C.COc1cc2c(s1)CCN(C(=O)c1cccc(N(C)C)c1)C2COc1ccc(O)cc1.Nc1cccc(CN2C(=S)Cn3cccc3/C2=C\Oc2ccc(O)cc2)c1.O=C(/C=C/Cl)N1CCc2ccsc2C1COc1ccc(O)cc1.O=C(c1ccc(Cl)s1)N1CCc2ccsc2C1COc1ccc(O)cc1. The lowest BCUT2D eigenvalue weighted by Crippen LogP contribution is -2.42. The quantitative estimate of drug-likeness (QED) is 0.0233. The Kier molecular flexibility index (Phi) is 31.4. The number of carbonyl (C=O) groups is 3. The number of phenols is 4. The summed E-state index contributed by atoms with van der Waals surface area (Å²) < 4.78 is 31.8. The van der Waals surface area contributed by atoms with Crippen LogP contribution < -0.4 is 34.3 Å². The van der Waals surface area contributed by atoms with Gasteiger partial charge in [-0.05, 0) is 222 Å². The van der Waals surface area contributed by atoms with Crippen molar-refractivity contribution in [2.45, 2.75) is 80.2 Å². The number of amides is 3. The third-order valence-electron chi connectivity index (χ3n) is 18.1. The number of benzene rings is 6. The number of hydrogen-bond donors (Lipinski definition) is 5. The van der Waals surface area contributed by atoms with Crippen molar-refractivity contribution in [2.24, 2.45) is 0 Å². The first-order valence-electron chi connectivity index (χ1n) is 34.1. The second-order valence-electron chi connectivity index (χ2n) is 25.2. The Morgan fingerprint density at radius 1 is 0.604 bits per heavy atom. The molecule has 5 aromatic heterocycles. The van der Waals surface area contributed by atoms with Crippen LogP contribution in [0.4, 0.5) is 11.4 Å². The van der Waals surface area contributed by atoms with Crippen LogP contribution in [-0.2, 0) is 37.1 Å². The summed E-state index contributed by atoms with van der Waals surface area (Å²) in [6.45, 7) is 4.22. The zero-order valence-electron chi connectivity index (χ0n) is 58.5. The number of thiophene rings is 4. The first-order valence-corrected chi connectivity index (χ1v) is 38.7. The van der Waals surface area contributed by atoms with Crippen molar-refractivity contribution >= 4 is 121 Å². The molecule has 4 aliphatic rings. The number of rotatable bonds is 18. The number of methoxy groups -OCH3 is 1. The number of nitrogens with two attached hydrogens (primary N) is 1. The minimum atomic E-state index is -0.229. The Hall–Kier alpha value is -10.4. The Morgan fingerprint density at radius 2 is 1.14 bits per heavy atom. The lowest BCUT2D eigenvalue weighted by molar-refractivity contribution is -0.129. The smallest absolute Gasteiger partial charge is 0.264 e. The van der Waals surface area contributed by atoms with Crippen LogP contribution in [-0.4, -0.2) is 128 Å². The van der Waals surface area contributed by atoms with E-state index in [-0.39, 0.29) is 88.6 Å². The number of aromatic hydroxyl groups is 4. The molecular weight excluding hydrogens is 1540 g/mol. The summed E-state index contributed by atoms with van der Waals surface area (Å²) in [6.07, 6.45) is 7.56. The molecule has 6 aromatic carbocycles. The molecular formula is C85H93Cl2N7O12S5. The monoisotopic (exact) mass is 1630 g/mol. The molecule has 11 aromatic rings. The summed E-state index contributed by atoms with van der Waals surface area (Å²) in [5.41, 5.74) is 16.2. The van der Waals surface area contributed by atoms with Crippen molar-refractivity contribution in [1.82, 2.24) is 24.2 Å². The van der Waals surface area contributed by atoms with Crippen LogP contribution in [0.3, 0.4) is 0 Å². The lowest BCUT2D eigenvalue weighted by Gasteiger charge is -2.36. The minimum Gasteiger partial charge on any atom is -0.508 e. The molecule has 26 heteroatoms. The molecule has 3 atom stereocenters. The third kappa shape index (κ3) is 21.8. The maximum absolute atomic E-state index is 13.5. The van der Waals surface area contributed by atoms with E-state index in [2.05, 4.69) is 27.0 Å². The largest absolute Gasteiger partial charge is 0.508 e. The molecule has 0 fully saturated rings. The molecule has 4 aliphatic heterocycles. The van der Waals surface area contributed by atoms with Gasteiger partial charge in [-0.2, -0.15) is 0 Å². The maximum atomic E-state index is 13.5. The number of nitrogens with zero attached hydrogens (tertiary/aromatic N) is 6. The van der Waals surface area contributed by atoms with Gasteiger partial charge in [0.05, 0.1) is 34.6 Å². The van der Waals surface area contributed by atoms with E-state index in [9.17, 15) is 34.8 Å². The van der Waals surface area contributed by atoms with Crippen molar-refractivity contribution in [3.8, 4) is 51.1 Å². The van der Waals surface area contributed by atoms with E-state index in [1.807, 2.05) is 107 Å². The van der Waals surface area contributed by atoms with Crippen molar-refractivity contribution in [3.05, 3.63) is 280 Å². The normalized spacial score (nSPS) is 15.3. The Labute approximate surface area is 681 Å². The number of aromatic nitrogens is 1. The van der Waals surface area contributed by atoms with E-state index in [4.69, 9.17) is 64.8 Å². The van der Waals surface area contributed by atoms with Crippen molar-refractivity contribution in [3.63, 3.8) is 0 Å². The molecule has 6 N–H and O–H groups in total. The number of hydrogen-bond acceptors (Lipinski definition) is 19. The van der Waals surface area contributed by atoms with Gasteiger partial charge >= 0.3 is 0 Å². The van der Waals surface area contributed by atoms with Crippen LogP contribution >= 0.6 is 80.8 Å². The summed E-state index contributed by atoms with van der Waals surface area (Å²) in [5.74, 6) is 3.25. The number of fused-ring (bicyclic) bond motifs is 4. The van der Waals surface area contributed by atoms with Gasteiger partial charge in [-0.1, -0.05) is 83.3 Å². The Morgan fingerprint density at radius 3 is 1.68 bits per heavy atom. The van der Waals surface area contributed by atoms with Gasteiger partial charge in [-0.25, -0.2) is 0 Å². The average molecular weight is 1640 g/mol. The fourth-order valence-corrected chi connectivity index (χ4v) is 17.2. The fraction of sp³-hybridized carbons (Fsp3) is 0.247. The highest BCUT2D eigenvalue weighted by Crippen LogP contribution is 2.42. The topological polar surface area (TPSA) is 225 Å². The first kappa shape index (κ1) is 86.2. The molecule has 3 amide bonds. The van der Waals surface area contributed by atoms with Crippen LogP contribution in [0.25, 0.3) is 5.70 Å². The molecule has 0 saturated carbocycles. The van der Waals surface area contributed by atoms with E-state index in [0.29, 0.717) is 90.3 Å². The second-order valence-corrected chi connectivity index (χ2v) is 30.6. The van der Waals surface area contributed by atoms with Crippen molar-refractivity contribution in [2.75, 3.05) is 71.3 Å². The van der Waals surface area contributed by atoms with E-state index in [0.717, 1.165) is 68.1 Å². The highest BCUT2D eigenvalue weighted by atomic mass is 35.5. The summed E-state index contributed by atoms with van der Waals surface area (Å²) >= 11 is 23.4. The molecule has 0 spiro atoms. The summed E-state index contributed by atoms with van der Waals surface area (Å²) in [6, 6.07) is 55.2. The minimum absolute atomic E-state index is 0. The van der Waals surface area contributed by atoms with Crippen LogP contribution in [0.5, 0.6) is 51.1 Å². The molecule has 3 unspecified atom stereocenters. The van der Waals surface area contributed by atoms with Crippen LogP contribution in [0.2, 0.25) is 4.34 Å². The number of anilines is 2. The predicted octanol–water partition coefficient (Wildman–Crippen LogP) is 19.6. The highest BCUT2D eigenvalue weighted by molar-refractivity contribution is 7.80. The molecule has 9 heterocycles. The van der Waals surface area contributed by atoms with Gasteiger partial charge in [0.1, 0.15) is 94.8 Å². The first-order chi connectivity index (χ1) is 51.9. The molecule has 584 valence electrons. The summed E-state index contributed by atoms with van der Waals surface area (Å²) in [4.78, 5) is 53.4. The average Bonchev–Trinajstić information content (AvgIpc) is 1.70. The van der Waals surface area contributed by atoms with Gasteiger partial charge in [0.25, 0.3) is 11.8 Å². The third-order valence-corrected chi connectivity index (χ3v) is 23.0. The molecule has 0 saturated heterocycles. The summed E-state index contributed by atoms with van der Waals surface area (Å²) in [7, 11) is 5.58.